The minimum atomic E-state index is -0.436. The predicted molar refractivity (Wildman–Crippen MR) is 280 cm³/mol. The lowest BCUT2D eigenvalue weighted by Crippen LogP contribution is -2.26. The zero-order chi connectivity index (χ0) is 44.3. The number of anilines is 6. The number of nitrogens with zero attached hydrogens (tertiary/aromatic N) is 2. The molecule has 314 valence electrons. The lowest BCUT2D eigenvalue weighted by molar-refractivity contribution is 0.794. The molecule has 0 amide bonds. The molecule has 0 saturated carbocycles. The Morgan fingerprint density at radius 2 is 0.642 bits per heavy atom. The number of hydrogen-bond donors (Lipinski definition) is 0. The SMILES string of the molecule is c1ccc(-c2ccc(N(c3ccc(N(c4ccccc4)c4cccc5c4-c4ccccc4C54c5ccccc5-c5ccccc54)cc3)c3cc4ccccc4cc3-c3ccccc3)cc2)cc1. The van der Waals surface area contributed by atoms with Crippen molar-refractivity contribution < 1.29 is 0 Å². The van der Waals surface area contributed by atoms with Crippen LogP contribution in [0.4, 0.5) is 34.1 Å². The quantitative estimate of drug-likeness (QED) is 0.150. The van der Waals surface area contributed by atoms with Crippen molar-refractivity contribution in [2.24, 2.45) is 0 Å². The summed E-state index contributed by atoms with van der Waals surface area (Å²) in [5.74, 6) is 0. The van der Waals surface area contributed by atoms with Gasteiger partial charge >= 0.3 is 0 Å². The Kier molecular flexibility index (Phi) is 9.11. The van der Waals surface area contributed by atoms with Crippen LogP contribution < -0.4 is 9.80 Å². The lowest BCUT2D eigenvalue weighted by atomic mass is 9.70. The van der Waals surface area contributed by atoms with E-state index in [2.05, 4.69) is 277 Å². The molecule has 0 atom stereocenters. The molecule has 0 unspecified atom stereocenters. The maximum absolute atomic E-state index is 2.45. The van der Waals surface area contributed by atoms with Crippen LogP contribution in [0.1, 0.15) is 22.3 Å². The number of hydrogen-bond acceptors (Lipinski definition) is 2. The second-order valence-corrected chi connectivity index (χ2v) is 17.6. The van der Waals surface area contributed by atoms with Crippen molar-refractivity contribution in [2.75, 3.05) is 9.80 Å². The molecule has 2 nitrogen and oxygen atoms in total. The third-order valence-corrected chi connectivity index (χ3v) is 14.0. The van der Waals surface area contributed by atoms with Gasteiger partial charge in [0.1, 0.15) is 0 Å². The molecule has 2 aliphatic rings. The Morgan fingerprint density at radius 3 is 1.24 bits per heavy atom. The molecule has 13 rings (SSSR count). The smallest absolute Gasteiger partial charge is 0.0726 e. The Balaban J connectivity index is 1.00. The van der Waals surface area contributed by atoms with Crippen molar-refractivity contribution in [2.45, 2.75) is 5.41 Å². The predicted octanol–water partition coefficient (Wildman–Crippen LogP) is 17.5. The molecule has 2 heteroatoms. The monoisotopic (exact) mass is 852 g/mol. The molecule has 0 N–H and O–H groups in total. The third kappa shape index (κ3) is 6.11. The molecule has 0 bridgehead atoms. The van der Waals surface area contributed by atoms with E-state index in [9.17, 15) is 0 Å². The second kappa shape index (κ2) is 15.8. The zero-order valence-electron chi connectivity index (χ0n) is 36.8. The van der Waals surface area contributed by atoms with E-state index >= 15 is 0 Å². The highest BCUT2D eigenvalue weighted by Crippen LogP contribution is 2.64. The van der Waals surface area contributed by atoms with Crippen LogP contribution in [-0.2, 0) is 5.41 Å². The fraction of sp³-hybridized carbons (Fsp3) is 0.0154. The van der Waals surface area contributed by atoms with Crippen molar-refractivity contribution in [1.82, 2.24) is 0 Å². The maximum atomic E-state index is 2.45. The second-order valence-electron chi connectivity index (χ2n) is 17.6. The summed E-state index contributed by atoms with van der Waals surface area (Å²) < 4.78 is 0. The van der Waals surface area contributed by atoms with Crippen LogP contribution in [0.2, 0.25) is 0 Å². The van der Waals surface area contributed by atoms with Crippen LogP contribution in [0, 0.1) is 0 Å². The van der Waals surface area contributed by atoms with Gasteiger partial charge in [0.15, 0.2) is 0 Å². The zero-order valence-corrected chi connectivity index (χ0v) is 36.8. The molecule has 0 saturated heterocycles. The molecule has 0 aliphatic heterocycles. The summed E-state index contributed by atoms with van der Waals surface area (Å²) >= 11 is 0. The molecular weight excluding hydrogens is 809 g/mol. The highest BCUT2D eigenvalue weighted by molar-refractivity contribution is 6.02. The minimum absolute atomic E-state index is 0.436. The third-order valence-electron chi connectivity index (χ3n) is 14.0. The van der Waals surface area contributed by atoms with Crippen LogP contribution in [0.3, 0.4) is 0 Å². The molecule has 2 aliphatic carbocycles. The van der Waals surface area contributed by atoms with Gasteiger partial charge in [0.25, 0.3) is 0 Å². The van der Waals surface area contributed by atoms with Gasteiger partial charge in [0.2, 0.25) is 0 Å². The van der Waals surface area contributed by atoms with E-state index in [0.29, 0.717) is 0 Å². The molecule has 0 heterocycles. The maximum Gasteiger partial charge on any atom is 0.0726 e. The molecule has 67 heavy (non-hydrogen) atoms. The Bertz CT molecular complexity index is 3570. The van der Waals surface area contributed by atoms with Crippen molar-refractivity contribution in [3.05, 3.63) is 289 Å². The van der Waals surface area contributed by atoms with Crippen LogP contribution in [0.25, 0.3) is 55.3 Å². The van der Waals surface area contributed by atoms with E-state index in [1.807, 2.05) is 0 Å². The van der Waals surface area contributed by atoms with Crippen LogP contribution >= 0.6 is 0 Å². The van der Waals surface area contributed by atoms with Gasteiger partial charge in [-0.3, -0.25) is 0 Å². The Morgan fingerprint density at radius 1 is 0.239 bits per heavy atom. The van der Waals surface area contributed by atoms with Crippen LogP contribution in [0.5, 0.6) is 0 Å². The largest absolute Gasteiger partial charge is 0.310 e. The van der Waals surface area contributed by atoms with Gasteiger partial charge in [0.05, 0.1) is 16.8 Å². The van der Waals surface area contributed by atoms with E-state index < -0.39 is 5.41 Å². The molecule has 0 aromatic heterocycles. The molecule has 0 fully saturated rings. The number of fused-ring (bicyclic) bond motifs is 11. The fourth-order valence-electron chi connectivity index (χ4n) is 11.2. The summed E-state index contributed by atoms with van der Waals surface area (Å²) in [7, 11) is 0. The van der Waals surface area contributed by atoms with Crippen molar-refractivity contribution in [1.29, 1.82) is 0 Å². The normalized spacial score (nSPS) is 12.6. The van der Waals surface area contributed by atoms with E-state index in [4.69, 9.17) is 0 Å². The average molecular weight is 853 g/mol. The van der Waals surface area contributed by atoms with E-state index in [1.165, 1.54) is 77.5 Å². The summed E-state index contributed by atoms with van der Waals surface area (Å²) in [6.07, 6.45) is 0. The Labute approximate surface area is 391 Å². The number of benzene rings is 11. The number of rotatable bonds is 8. The first-order valence-corrected chi connectivity index (χ1v) is 23.2. The van der Waals surface area contributed by atoms with Crippen LogP contribution in [-0.4, -0.2) is 0 Å². The first-order chi connectivity index (χ1) is 33.3. The molecule has 11 aromatic rings. The molecule has 11 aromatic carbocycles. The molecular formula is C65H44N2. The van der Waals surface area contributed by atoms with Gasteiger partial charge in [-0.25, -0.2) is 0 Å². The first-order valence-electron chi connectivity index (χ1n) is 23.2. The lowest BCUT2D eigenvalue weighted by Gasteiger charge is -2.32. The van der Waals surface area contributed by atoms with Gasteiger partial charge < -0.3 is 9.80 Å². The summed E-state index contributed by atoms with van der Waals surface area (Å²) in [6.45, 7) is 0. The van der Waals surface area contributed by atoms with E-state index in [-0.39, 0.29) is 0 Å². The summed E-state index contributed by atoms with van der Waals surface area (Å²) in [5, 5.41) is 2.40. The van der Waals surface area contributed by atoms with Crippen molar-refractivity contribution >= 4 is 44.9 Å². The number of para-hydroxylation sites is 1. The highest BCUT2D eigenvalue weighted by atomic mass is 15.2. The van der Waals surface area contributed by atoms with Crippen molar-refractivity contribution in [3.63, 3.8) is 0 Å². The van der Waals surface area contributed by atoms with Gasteiger partial charge in [-0.15, -0.1) is 0 Å². The van der Waals surface area contributed by atoms with Gasteiger partial charge in [0, 0.05) is 33.9 Å². The minimum Gasteiger partial charge on any atom is -0.310 e. The van der Waals surface area contributed by atoms with Gasteiger partial charge in [-0.1, -0.05) is 200 Å². The topological polar surface area (TPSA) is 6.48 Å². The van der Waals surface area contributed by atoms with E-state index in [0.717, 1.165) is 34.1 Å². The Hall–Kier alpha value is -8.72. The first kappa shape index (κ1) is 38.7. The fourth-order valence-corrected chi connectivity index (χ4v) is 11.2. The van der Waals surface area contributed by atoms with Crippen LogP contribution in [0.15, 0.2) is 267 Å². The molecule has 1 spiro atoms. The van der Waals surface area contributed by atoms with Crippen molar-refractivity contribution in [3.8, 4) is 44.5 Å². The summed E-state index contributed by atoms with van der Waals surface area (Å²) in [5.41, 5.74) is 21.4. The highest BCUT2D eigenvalue weighted by Gasteiger charge is 2.52. The standard InChI is InChI=1S/C65H44N2/c1-4-19-45(20-5-1)46-35-37-51(38-36-46)67(63-44-49-24-11-10-23-48(49)43-57(63)47-21-6-2-7-22-47)53-41-39-52(40-42-53)66(50-25-8-3-9-26-50)62-34-18-33-61-64(62)56-29-14-17-32-60(56)65(61)58-30-15-12-27-54(58)55-28-13-16-31-59(55)65/h1-44H. The molecule has 0 radical (unpaired) electrons. The van der Waals surface area contributed by atoms with Gasteiger partial charge in [-0.2, -0.15) is 0 Å². The summed E-state index contributed by atoms with van der Waals surface area (Å²) in [4.78, 5) is 4.88. The van der Waals surface area contributed by atoms with Gasteiger partial charge in [-0.05, 0) is 133 Å². The van der Waals surface area contributed by atoms with E-state index in [1.54, 1.807) is 0 Å². The summed E-state index contributed by atoms with van der Waals surface area (Å²) in [6, 6.07) is 97.9. The average Bonchev–Trinajstić information content (AvgIpc) is 3.88.